The molecule has 3 nitrogen and oxygen atoms in total. The summed E-state index contributed by atoms with van der Waals surface area (Å²) in [6, 6.07) is 12.0. The average molecular weight is 261 g/mol. The maximum atomic E-state index is 11.0. The van der Waals surface area contributed by atoms with Crippen LogP contribution in [0.15, 0.2) is 48.0 Å². The maximum absolute atomic E-state index is 11.0. The van der Waals surface area contributed by atoms with Gasteiger partial charge < -0.3 is 0 Å². The van der Waals surface area contributed by atoms with Gasteiger partial charge in [0.2, 0.25) is 5.91 Å². The number of carbonyl (C=O) groups is 2. The third-order valence-electron chi connectivity index (χ3n) is 2.31. The Morgan fingerprint density at radius 2 is 1.42 bits per heavy atom. The summed E-state index contributed by atoms with van der Waals surface area (Å²) >= 11 is 0. The maximum Gasteiger partial charge on any atom is 0.256 e. The van der Waals surface area contributed by atoms with Crippen molar-refractivity contribution in [2.24, 2.45) is 0 Å². The summed E-state index contributed by atoms with van der Waals surface area (Å²) in [5.74, 6) is -0.273. The lowest BCUT2D eigenvalue weighted by Gasteiger charge is -2.01. The number of likely N-dealkylation sites (N-methyl/N-ethyl adjacent to an activating group) is 1. The number of carbonyl (C=O) groups excluding carboxylic acids is 2. The van der Waals surface area contributed by atoms with Crippen LogP contribution >= 0.6 is 0 Å². The van der Waals surface area contributed by atoms with E-state index in [0.29, 0.717) is 5.57 Å². The first-order valence-electron chi connectivity index (χ1n) is 6.54. The Kier molecular flexibility index (Phi) is 9.06. The van der Waals surface area contributed by atoms with Gasteiger partial charge in [-0.05, 0) is 6.92 Å². The molecule has 0 saturated carbocycles. The van der Waals surface area contributed by atoms with Crippen molar-refractivity contribution in [3.05, 3.63) is 48.0 Å². The summed E-state index contributed by atoms with van der Waals surface area (Å²) in [6.07, 6.45) is 3.20. The SMILES string of the molecule is CC=C1CC(=O)N(C)C1=O.CCC.c1ccccc1. The van der Waals surface area contributed by atoms with Gasteiger partial charge in [-0.1, -0.05) is 62.7 Å². The molecule has 0 radical (unpaired) electrons. The number of allylic oxidation sites excluding steroid dienone is 1. The first kappa shape index (κ1) is 17.1. The van der Waals surface area contributed by atoms with E-state index >= 15 is 0 Å². The number of hydrogen-bond donors (Lipinski definition) is 0. The van der Waals surface area contributed by atoms with Crippen LogP contribution in [0.1, 0.15) is 33.6 Å². The minimum Gasteiger partial charge on any atom is -0.282 e. The predicted molar refractivity (Wildman–Crippen MR) is 78.6 cm³/mol. The molecule has 0 bridgehead atoms. The van der Waals surface area contributed by atoms with Crippen molar-refractivity contribution >= 4 is 11.8 Å². The number of rotatable bonds is 0. The van der Waals surface area contributed by atoms with E-state index < -0.39 is 0 Å². The molecule has 1 aliphatic rings. The third-order valence-corrected chi connectivity index (χ3v) is 2.31. The van der Waals surface area contributed by atoms with Gasteiger partial charge in [-0.15, -0.1) is 0 Å². The van der Waals surface area contributed by atoms with Crippen molar-refractivity contribution in [1.82, 2.24) is 4.90 Å². The van der Waals surface area contributed by atoms with E-state index in [-0.39, 0.29) is 18.2 Å². The Labute approximate surface area is 115 Å². The van der Waals surface area contributed by atoms with E-state index in [2.05, 4.69) is 13.8 Å². The molecule has 19 heavy (non-hydrogen) atoms. The largest absolute Gasteiger partial charge is 0.282 e. The molecular weight excluding hydrogens is 238 g/mol. The van der Waals surface area contributed by atoms with Crippen LogP contribution in [0.25, 0.3) is 0 Å². The van der Waals surface area contributed by atoms with Gasteiger partial charge in [-0.3, -0.25) is 14.5 Å². The summed E-state index contributed by atoms with van der Waals surface area (Å²) in [6.45, 7) is 6.01. The van der Waals surface area contributed by atoms with Crippen molar-refractivity contribution in [2.45, 2.75) is 33.6 Å². The lowest BCUT2D eigenvalue weighted by Crippen LogP contribution is -2.23. The van der Waals surface area contributed by atoms with Crippen LogP contribution in [0, 0.1) is 0 Å². The lowest BCUT2D eigenvalue weighted by atomic mass is 10.2. The molecule has 0 spiro atoms. The molecule has 1 heterocycles. The topological polar surface area (TPSA) is 37.4 Å². The predicted octanol–water partition coefficient (Wildman–Crippen LogP) is 3.42. The molecule has 104 valence electrons. The fourth-order valence-corrected chi connectivity index (χ4v) is 1.30. The van der Waals surface area contributed by atoms with Crippen LogP contribution < -0.4 is 0 Å². The molecule has 3 heteroatoms. The summed E-state index contributed by atoms with van der Waals surface area (Å²) in [5.41, 5.74) is 0.604. The van der Waals surface area contributed by atoms with E-state index in [0.717, 1.165) is 4.90 Å². The zero-order valence-electron chi connectivity index (χ0n) is 12.2. The van der Waals surface area contributed by atoms with Crippen LogP contribution in [-0.4, -0.2) is 23.8 Å². The molecular formula is C16H23NO2. The van der Waals surface area contributed by atoms with E-state index in [4.69, 9.17) is 0 Å². The van der Waals surface area contributed by atoms with Crippen molar-refractivity contribution < 1.29 is 9.59 Å². The Bertz CT molecular complexity index is 383. The quantitative estimate of drug-likeness (QED) is 0.530. The molecule has 0 aliphatic carbocycles. The Morgan fingerprint density at radius 1 is 1.05 bits per heavy atom. The Balaban J connectivity index is 0.000000306. The van der Waals surface area contributed by atoms with Gasteiger partial charge in [0.1, 0.15) is 0 Å². The van der Waals surface area contributed by atoms with Gasteiger partial charge in [0.25, 0.3) is 5.91 Å². The van der Waals surface area contributed by atoms with Gasteiger partial charge in [0.05, 0.1) is 6.42 Å². The number of likely N-dealkylation sites (tertiary alicyclic amines) is 1. The van der Waals surface area contributed by atoms with E-state index in [1.807, 2.05) is 36.4 Å². The number of imide groups is 1. The highest BCUT2D eigenvalue weighted by Crippen LogP contribution is 2.15. The van der Waals surface area contributed by atoms with E-state index in [1.54, 1.807) is 13.0 Å². The fourth-order valence-electron chi connectivity index (χ4n) is 1.30. The fraction of sp³-hybridized carbons (Fsp3) is 0.375. The first-order valence-corrected chi connectivity index (χ1v) is 6.54. The molecule has 1 fully saturated rings. The number of nitrogens with zero attached hydrogens (tertiary/aromatic N) is 1. The standard InChI is InChI=1S/C7H9NO2.C6H6.C3H8/c1-3-5-4-6(9)8(2)7(5)10;1-2-4-6-5-3-1;1-3-2/h3H,4H2,1-2H3;1-6H;3H2,1-2H3. The monoisotopic (exact) mass is 261 g/mol. The zero-order chi connectivity index (χ0) is 14.7. The average Bonchev–Trinajstić information content (AvgIpc) is 2.69. The molecule has 0 atom stereocenters. The minimum absolute atomic E-state index is 0.113. The molecule has 1 aromatic rings. The summed E-state index contributed by atoms with van der Waals surface area (Å²) in [7, 11) is 1.50. The van der Waals surface area contributed by atoms with Gasteiger partial charge in [0.15, 0.2) is 0 Å². The van der Waals surface area contributed by atoms with Gasteiger partial charge in [-0.25, -0.2) is 0 Å². The molecule has 1 aromatic carbocycles. The van der Waals surface area contributed by atoms with Crippen LogP contribution in [0.2, 0.25) is 0 Å². The summed E-state index contributed by atoms with van der Waals surface area (Å²) < 4.78 is 0. The van der Waals surface area contributed by atoms with Crippen LogP contribution in [-0.2, 0) is 9.59 Å². The van der Waals surface area contributed by atoms with Crippen molar-refractivity contribution in [3.8, 4) is 0 Å². The molecule has 0 aromatic heterocycles. The highest BCUT2D eigenvalue weighted by molar-refractivity contribution is 6.12. The zero-order valence-corrected chi connectivity index (χ0v) is 12.2. The second-order valence-corrected chi connectivity index (χ2v) is 4.11. The molecule has 2 amide bonds. The molecule has 2 rings (SSSR count). The van der Waals surface area contributed by atoms with Gasteiger partial charge in [-0.2, -0.15) is 0 Å². The highest BCUT2D eigenvalue weighted by Gasteiger charge is 2.29. The smallest absolute Gasteiger partial charge is 0.256 e. The normalized spacial score (nSPS) is 15.6. The third kappa shape index (κ3) is 6.55. The Morgan fingerprint density at radius 3 is 1.58 bits per heavy atom. The Hall–Kier alpha value is -1.90. The van der Waals surface area contributed by atoms with Gasteiger partial charge in [0, 0.05) is 12.6 Å². The second kappa shape index (κ2) is 10.1. The molecule has 0 N–H and O–H groups in total. The first-order chi connectivity index (χ1) is 9.08. The van der Waals surface area contributed by atoms with Crippen molar-refractivity contribution in [1.29, 1.82) is 0 Å². The molecule has 1 aliphatic heterocycles. The van der Waals surface area contributed by atoms with Crippen molar-refractivity contribution in [3.63, 3.8) is 0 Å². The molecule has 1 saturated heterocycles. The van der Waals surface area contributed by atoms with Crippen molar-refractivity contribution in [2.75, 3.05) is 7.05 Å². The second-order valence-electron chi connectivity index (χ2n) is 4.11. The van der Waals surface area contributed by atoms with E-state index in [1.165, 1.54) is 13.5 Å². The van der Waals surface area contributed by atoms with Crippen LogP contribution in [0.5, 0.6) is 0 Å². The number of benzene rings is 1. The van der Waals surface area contributed by atoms with Crippen LogP contribution in [0.4, 0.5) is 0 Å². The minimum atomic E-state index is -0.160. The summed E-state index contributed by atoms with van der Waals surface area (Å²) in [4.78, 5) is 22.9. The molecule has 0 unspecified atom stereocenters. The highest BCUT2D eigenvalue weighted by atomic mass is 16.2. The van der Waals surface area contributed by atoms with Gasteiger partial charge >= 0.3 is 0 Å². The lowest BCUT2D eigenvalue weighted by molar-refractivity contribution is -0.135. The van der Waals surface area contributed by atoms with Crippen LogP contribution in [0.3, 0.4) is 0 Å². The van der Waals surface area contributed by atoms with E-state index in [9.17, 15) is 9.59 Å². The summed E-state index contributed by atoms with van der Waals surface area (Å²) in [5, 5.41) is 0. The number of amides is 2. The number of hydrogen-bond acceptors (Lipinski definition) is 2.